The van der Waals surface area contributed by atoms with Crippen molar-refractivity contribution in [3.8, 4) is 17.1 Å². The summed E-state index contributed by atoms with van der Waals surface area (Å²) < 4.78 is 32.6. The van der Waals surface area contributed by atoms with E-state index in [0.29, 0.717) is 37.8 Å². The lowest BCUT2D eigenvalue weighted by Crippen LogP contribution is -2.49. The number of rotatable bonds is 5. The zero-order chi connectivity index (χ0) is 22.0. The van der Waals surface area contributed by atoms with Crippen molar-refractivity contribution < 1.29 is 13.2 Å². The fraction of sp³-hybridized carbons (Fsp3) is 0.304. The van der Waals surface area contributed by atoms with Gasteiger partial charge in [-0.1, -0.05) is 29.8 Å². The first-order chi connectivity index (χ1) is 14.9. The number of anilines is 1. The van der Waals surface area contributed by atoms with Gasteiger partial charge in [0.25, 0.3) is 0 Å². The molecule has 0 unspecified atom stereocenters. The second-order valence-corrected chi connectivity index (χ2v) is 9.56. The molecule has 0 amide bonds. The van der Waals surface area contributed by atoms with Gasteiger partial charge in [0.05, 0.1) is 12.0 Å². The van der Waals surface area contributed by atoms with Crippen LogP contribution in [0.2, 0.25) is 0 Å². The normalized spacial score (nSPS) is 15.1. The van der Waals surface area contributed by atoms with Crippen LogP contribution in [-0.2, 0) is 10.0 Å². The summed E-state index contributed by atoms with van der Waals surface area (Å²) in [4.78, 5) is 11.7. The predicted octanol–water partition coefficient (Wildman–Crippen LogP) is 3.28. The maximum Gasteiger partial charge on any atom is 0.243 e. The first kappa shape index (κ1) is 21.3. The molecule has 0 saturated carbocycles. The molecule has 1 saturated heterocycles. The number of aromatic nitrogens is 2. The van der Waals surface area contributed by atoms with E-state index in [1.165, 1.54) is 9.87 Å². The monoisotopic (exact) mass is 438 g/mol. The summed E-state index contributed by atoms with van der Waals surface area (Å²) in [6.07, 6.45) is 0. The SMILES string of the molecule is COc1ccc(S(=O)(=O)N2CCN(c3cc(C)nc(-c4ccc(C)cc4)n3)CC2)cc1. The average Bonchev–Trinajstić information content (AvgIpc) is 2.79. The molecule has 1 fully saturated rings. The van der Waals surface area contributed by atoms with Crippen molar-refractivity contribution >= 4 is 15.8 Å². The van der Waals surface area contributed by atoms with Crippen molar-refractivity contribution in [2.75, 3.05) is 38.2 Å². The summed E-state index contributed by atoms with van der Waals surface area (Å²) in [5, 5.41) is 0. The van der Waals surface area contributed by atoms with Gasteiger partial charge in [-0.05, 0) is 38.1 Å². The summed E-state index contributed by atoms with van der Waals surface area (Å²) in [5.41, 5.74) is 3.04. The molecule has 4 rings (SSSR count). The van der Waals surface area contributed by atoms with Crippen LogP contribution in [0.3, 0.4) is 0 Å². The zero-order valence-corrected chi connectivity index (χ0v) is 18.8. The molecule has 0 atom stereocenters. The minimum atomic E-state index is -3.54. The van der Waals surface area contributed by atoms with Crippen molar-refractivity contribution in [3.63, 3.8) is 0 Å². The van der Waals surface area contributed by atoms with Crippen molar-refractivity contribution in [2.45, 2.75) is 18.7 Å². The van der Waals surface area contributed by atoms with E-state index in [1.807, 2.05) is 44.2 Å². The minimum absolute atomic E-state index is 0.279. The van der Waals surface area contributed by atoms with Crippen LogP contribution in [0.5, 0.6) is 5.75 Å². The maximum absolute atomic E-state index is 13.0. The molecule has 162 valence electrons. The van der Waals surface area contributed by atoms with Crippen LogP contribution in [0.25, 0.3) is 11.4 Å². The third-order valence-electron chi connectivity index (χ3n) is 5.41. The Hall–Kier alpha value is -2.97. The van der Waals surface area contributed by atoms with Gasteiger partial charge in [-0.3, -0.25) is 0 Å². The molecule has 1 aliphatic rings. The molecule has 31 heavy (non-hydrogen) atoms. The molecule has 1 aliphatic heterocycles. The lowest BCUT2D eigenvalue weighted by atomic mass is 10.1. The number of piperazine rings is 1. The summed E-state index contributed by atoms with van der Waals surface area (Å²) >= 11 is 0. The summed E-state index contributed by atoms with van der Waals surface area (Å²) in [6.45, 7) is 5.94. The number of hydrogen-bond donors (Lipinski definition) is 0. The zero-order valence-electron chi connectivity index (χ0n) is 17.9. The number of nitrogens with zero attached hydrogens (tertiary/aromatic N) is 4. The predicted molar refractivity (Wildman–Crippen MR) is 121 cm³/mol. The highest BCUT2D eigenvalue weighted by molar-refractivity contribution is 7.89. The van der Waals surface area contributed by atoms with Crippen LogP contribution in [0.4, 0.5) is 5.82 Å². The third kappa shape index (κ3) is 4.55. The van der Waals surface area contributed by atoms with Gasteiger partial charge in [0.1, 0.15) is 11.6 Å². The first-order valence-electron chi connectivity index (χ1n) is 10.2. The van der Waals surface area contributed by atoms with Crippen molar-refractivity contribution in [1.82, 2.24) is 14.3 Å². The second-order valence-electron chi connectivity index (χ2n) is 7.62. The summed E-state index contributed by atoms with van der Waals surface area (Å²) in [6, 6.07) is 16.6. The van der Waals surface area contributed by atoms with E-state index >= 15 is 0 Å². The molecule has 2 heterocycles. The van der Waals surface area contributed by atoms with Crippen LogP contribution in [-0.4, -0.2) is 56.0 Å². The van der Waals surface area contributed by atoms with E-state index in [-0.39, 0.29) is 4.90 Å². The molecule has 1 aromatic heterocycles. The molecule has 8 heteroatoms. The number of ether oxygens (including phenoxy) is 1. The maximum atomic E-state index is 13.0. The number of methoxy groups -OCH3 is 1. The minimum Gasteiger partial charge on any atom is -0.497 e. The molecule has 7 nitrogen and oxygen atoms in total. The quantitative estimate of drug-likeness (QED) is 0.609. The van der Waals surface area contributed by atoms with Crippen LogP contribution >= 0.6 is 0 Å². The number of aryl methyl sites for hydroxylation is 2. The summed E-state index contributed by atoms with van der Waals surface area (Å²) in [5.74, 6) is 2.14. The highest BCUT2D eigenvalue weighted by Crippen LogP contribution is 2.24. The van der Waals surface area contributed by atoms with E-state index in [4.69, 9.17) is 9.72 Å². The van der Waals surface area contributed by atoms with Gasteiger partial charge in [0, 0.05) is 43.5 Å². The molecular weight excluding hydrogens is 412 g/mol. The lowest BCUT2D eigenvalue weighted by molar-refractivity contribution is 0.383. The highest BCUT2D eigenvalue weighted by atomic mass is 32.2. The van der Waals surface area contributed by atoms with E-state index in [9.17, 15) is 8.42 Å². The first-order valence-corrected chi connectivity index (χ1v) is 11.6. The standard InChI is InChI=1S/C23H26N4O3S/c1-17-4-6-19(7-5-17)23-24-18(2)16-22(25-23)26-12-14-27(15-13-26)31(28,29)21-10-8-20(30-3)9-11-21/h4-11,16H,12-15H2,1-3H3. The fourth-order valence-corrected chi connectivity index (χ4v) is 5.02. The van der Waals surface area contributed by atoms with Gasteiger partial charge < -0.3 is 9.64 Å². The molecule has 2 aromatic carbocycles. The van der Waals surface area contributed by atoms with E-state index in [2.05, 4.69) is 9.88 Å². The number of benzene rings is 2. The van der Waals surface area contributed by atoms with E-state index in [1.54, 1.807) is 31.4 Å². The molecule has 3 aromatic rings. The molecule has 0 radical (unpaired) electrons. The Morgan fingerprint density at radius 2 is 1.52 bits per heavy atom. The highest BCUT2D eigenvalue weighted by Gasteiger charge is 2.29. The smallest absolute Gasteiger partial charge is 0.243 e. The van der Waals surface area contributed by atoms with Crippen molar-refractivity contribution in [3.05, 3.63) is 65.9 Å². The summed E-state index contributed by atoms with van der Waals surface area (Å²) in [7, 11) is -1.98. The Balaban J connectivity index is 1.50. The van der Waals surface area contributed by atoms with Crippen molar-refractivity contribution in [1.29, 1.82) is 0 Å². The molecular formula is C23H26N4O3S. The van der Waals surface area contributed by atoms with Crippen LogP contribution in [0, 0.1) is 13.8 Å². The largest absolute Gasteiger partial charge is 0.497 e. The Kier molecular flexibility index (Phi) is 5.93. The molecule has 0 N–H and O–H groups in total. The topological polar surface area (TPSA) is 75.6 Å². The Bertz CT molecular complexity index is 1150. The molecule has 0 aliphatic carbocycles. The Morgan fingerprint density at radius 1 is 0.871 bits per heavy atom. The van der Waals surface area contributed by atoms with E-state index in [0.717, 1.165) is 17.1 Å². The van der Waals surface area contributed by atoms with E-state index < -0.39 is 10.0 Å². The van der Waals surface area contributed by atoms with Crippen LogP contribution < -0.4 is 9.64 Å². The Labute approximate surface area is 183 Å². The number of sulfonamides is 1. The van der Waals surface area contributed by atoms with Crippen LogP contribution in [0.1, 0.15) is 11.3 Å². The lowest BCUT2D eigenvalue weighted by Gasteiger charge is -2.34. The van der Waals surface area contributed by atoms with Crippen LogP contribution in [0.15, 0.2) is 59.5 Å². The molecule has 0 bridgehead atoms. The van der Waals surface area contributed by atoms with Gasteiger partial charge in [-0.15, -0.1) is 0 Å². The molecule has 0 spiro atoms. The van der Waals surface area contributed by atoms with Gasteiger partial charge in [-0.2, -0.15) is 4.31 Å². The van der Waals surface area contributed by atoms with Gasteiger partial charge >= 0.3 is 0 Å². The average molecular weight is 439 g/mol. The Morgan fingerprint density at radius 3 is 2.13 bits per heavy atom. The second kappa shape index (κ2) is 8.64. The van der Waals surface area contributed by atoms with Gasteiger partial charge in [-0.25, -0.2) is 18.4 Å². The van der Waals surface area contributed by atoms with Gasteiger partial charge in [0.15, 0.2) is 5.82 Å². The number of hydrogen-bond acceptors (Lipinski definition) is 6. The van der Waals surface area contributed by atoms with Crippen molar-refractivity contribution in [2.24, 2.45) is 0 Å². The third-order valence-corrected chi connectivity index (χ3v) is 7.32. The van der Waals surface area contributed by atoms with Gasteiger partial charge in [0.2, 0.25) is 10.0 Å². The fourth-order valence-electron chi connectivity index (χ4n) is 3.60.